The minimum Gasteiger partial charge on any atom is -0.497 e. The molecule has 0 saturated carbocycles. The second kappa shape index (κ2) is 9.63. The lowest BCUT2D eigenvalue weighted by Gasteiger charge is -2.26. The van der Waals surface area contributed by atoms with Crippen molar-refractivity contribution < 1.29 is 4.74 Å². The van der Waals surface area contributed by atoms with Gasteiger partial charge in [-0.2, -0.15) is 0 Å². The van der Waals surface area contributed by atoms with Crippen LogP contribution in [0.5, 0.6) is 5.75 Å². The lowest BCUT2D eigenvalue weighted by Crippen LogP contribution is -2.31. The number of ether oxygens (including phenoxy) is 1. The third-order valence-electron chi connectivity index (χ3n) is 5.36. The van der Waals surface area contributed by atoms with Gasteiger partial charge in [-0.25, -0.2) is 0 Å². The molecule has 0 unspecified atom stereocenters. The van der Waals surface area contributed by atoms with Gasteiger partial charge in [0.15, 0.2) is 0 Å². The molecule has 0 amide bonds. The highest BCUT2D eigenvalue weighted by Gasteiger charge is 2.10. The van der Waals surface area contributed by atoms with Crippen LogP contribution in [0.2, 0.25) is 0 Å². The van der Waals surface area contributed by atoms with Gasteiger partial charge < -0.3 is 14.5 Å². The monoisotopic (exact) mass is 352 g/mol. The molecule has 3 rings (SSSR count). The Morgan fingerprint density at radius 2 is 1.69 bits per heavy atom. The quantitative estimate of drug-likeness (QED) is 0.682. The van der Waals surface area contributed by atoms with Gasteiger partial charge in [-0.05, 0) is 62.5 Å². The van der Waals surface area contributed by atoms with Crippen LogP contribution in [0.4, 0.5) is 5.69 Å². The topological polar surface area (TPSA) is 15.7 Å². The number of nitrogens with zero attached hydrogens (tertiary/aromatic N) is 2. The first-order chi connectivity index (χ1) is 12.8. The Kier molecular flexibility index (Phi) is 6.96. The minimum absolute atomic E-state index is 0.911. The molecular weight excluding hydrogens is 320 g/mol. The second-order valence-corrected chi connectivity index (χ2v) is 7.18. The third-order valence-corrected chi connectivity index (χ3v) is 5.36. The summed E-state index contributed by atoms with van der Waals surface area (Å²) < 4.78 is 5.36. The van der Waals surface area contributed by atoms with Crippen LogP contribution < -0.4 is 9.64 Å². The van der Waals surface area contributed by atoms with E-state index in [0.29, 0.717) is 0 Å². The van der Waals surface area contributed by atoms with Crippen molar-refractivity contribution in [2.24, 2.45) is 0 Å². The maximum absolute atomic E-state index is 5.36. The zero-order valence-corrected chi connectivity index (χ0v) is 16.3. The van der Waals surface area contributed by atoms with E-state index in [9.17, 15) is 0 Å². The van der Waals surface area contributed by atoms with Gasteiger partial charge in [-0.15, -0.1) is 0 Å². The molecule has 140 valence electrons. The third kappa shape index (κ3) is 5.25. The first-order valence-corrected chi connectivity index (χ1v) is 9.97. The van der Waals surface area contributed by atoms with Gasteiger partial charge in [0.05, 0.1) is 7.11 Å². The van der Waals surface area contributed by atoms with E-state index in [0.717, 1.165) is 25.3 Å². The molecule has 0 aliphatic carbocycles. The fraction of sp³-hybridized carbons (Fsp3) is 0.478. The lowest BCUT2D eigenvalue weighted by molar-refractivity contribution is 0.231. The first kappa shape index (κ1) is 18.8. The molecule has 1 aliphatic rings. The lowest BCUT2D eigenvalue weighted by atomic mass is 10.1. The number of benzene rings is 2. The van der Waals surface area contributed by atoms with Gasteiger partial charge in [0.25, 0.3) is 0 Å². The molecular formula is C23H32N2O. The van der Waals surface area contributed by atoms with E-state index in [-0.39, 0.29) is 0 Å². The van der Waals surface area contributed by atoms with Gasteiger partial charge in [0.1, 0.15) is 5.75 Å². The summed E-state index contributed by atoms with van der Waals surface area (Å²) in [6.07, 6.45) is 5.31. The van der Waals surface area contributed by atoms with E-state index < -0.39 is 0 Å². The molecule has 1 saturated heterocycles. The molecule has 0 N–H and O–H groups in total. The van der Waals surface area contributed by atoms with Crippen LogP contribution in [-0.2, 0) is 13.0 Å². The Bertz CT molecular complexity index is 662. The highest BCUT2D eigenvalue weighted by atomic mass is 16.5. The van der Waals surface area contributed by atoms with Crippen molar-refractivity contribution in [1.29, 1.82) is 0 Å². The van der Waals surface area contributed by atoms with Gasteiger partial charge in [-0.1, -0.05) is 36.8 Å². The van der Waals surface area contributed by atoms with Crippen molar-refractivity contribution in [2.75, 3.05) is 38.2 Å². The molecule has 1 heterocycles. The summed E-state index contributed by atoms with van der Waals surface area (Å²) in [7, 11) is 1.72. The smallest absolute Gasteiger partial charge is 0.120 e. The molecule has 3 nitrogen and oxygen atoms in total. The average Bonchev–Trinajstić information content (AvgIpc) is 2.72. The molecule has 0 radical (unpaired) electrons. The van der Waals surface area contributed by atoms with Crippen LogP contribution in [0.25, 0.3) is 0 Å². The molecule has 0 aromatic heterocycles. The number of rotatable bonds is 8. The van der Waals surface area contributed by atoms with Crippen LogP contribution in [0, 0.1) is 0 Å². The Labute approximate surface area is 158 Å². The molecule has 3 heteroatoms. The van der Waals surface area contributed by atoms with Gasteiger partial charge >= 0.3 is 0 Å². The highest BCUT2D eigenvalue weighted by molar-refractivity contribution is 5.51. The number of methoxy groups -OCH3 is 1. The minimum atomic E-state index is 0.911. The van der Waals surface area contributed by atoms with Gasteiger partial charge in [-0.3, -0.25) is 0 Å². The van der Waals surface area contributed by atoms with E-state index in [1.807, 2.05) is 6.07 Å². The van der Waals surface area contributed by atoms with E-state index in [4.69, 9.17) is 4.74 Å². The molecule has 0 spiro atoms. The molecule has 2 aromatic rings. The summed E-state index contributed by atoms with van der Waals surface area (Å²) in [5, 5.41) is 0. The summed E-state index contributed by atoms with van der Waals surface area (Å²) in [4.78, 5) is 4.99. The fourth-order valence-corrected chi connectivity index (χ4v) is 3.69. The first-order valence-electron chi connectivity index (χ1n) is 9.97. The van der Waals surface area contributed by atoms with E-state index in [1.165, 1.54) is 55.7 Å². The molecule has 0 bridgehead atoms. The Morgan fingerprint density at radius 1 is 0.962 bits per heavy atom. The maximum Gasteiger partial charge on any atom is 0.120 e. The van der Waals surface area contributed by atoms with Crippen molar-refractivity contribution >= 4 is 5.69 Å². The number of piperidine rings is 1. The van der Waals surface area contributed by atoms with Crippen molar-refractivity contribution in [3.05, 3.63) is 59.7 Å². The predicted octanol–water partition coefficient (Wildman–Crippen LogP) is 4.75. The molecule has 26 heavy (non-hydrogen) atoms. The van der Waals surface area contributed by atoms with E-state index in [2.05, 4.69) is 59.2 Å². The Hall–Kier alpha value is -2.00. The number of anilines is 1. The predicted molar refractivity (Wildman–Crippen MR) is 110 cm³/mol. The van der Waals surface area contributed by atoms with Crippen LogP contribution in [-0.4, -0.2) is 38.2 Å². The number of hydrogen-bond acceptors (Lipinski definition) is 3. The van der Waals surface area contributed by atoms with Crippen molar-refractivity contribution in [3.63, 3.8) is 0 Å². The highest BCUT2D eigenvalue weighted by Crippen LogP contribution is 2.22. The van der Waals surface area contributed by atoms with Crippen LogP contribution in [0.15, 0.2) is 48.5 Å². The number of likely N-dealkylation sites (tertiary alicyclic amines) is 1. The van der Waals surface area contributed by atoms with Crippen molar-refractivity contribution in [3.8, 4) is 5.75 Å². The molecule has 2 aromatic carbocycles. The molecule has 1 aliphatic heterocycles. The molecule has 0 atom stereocenters. The van der Waals surface area contributed by atoms with Crippen LogP contribution in [0.3, 0.4) is 0 Å². The van der Waals surface area contributed by atoms with Crippen molar-refractivity contribution in [1.82, 2.24) is 4.90 Å². The normalized spacial score (nSPS) is 15.0. The average molecular weight is 353 g/mol. The van der Waals surface area contributed by atoms with Crippen molar-refractivity contribution in [2.45, 2.75) is 39.2 Å². The molecule has 1 fully saturated rings. The summed E-state index contributed by atoms with van der Waals surface area (Å²) in [6, 6.07) is 17.5. The van der Waals surface area contributed by atoms with Crippen LogP contribution in [0.1, 0.15) is 37.3 Å². The standard InChI is InChI=1S/C23H32N2O/c1-3-25(22-8-7-9-23(18-22)26-2)19-21-12-10-20(11-13-21)14-17-24-15-5-4-6-16-24/h7-13,18H,3-6,14-17,19H2,1-2H3. The second-order valence-electron chi connectivity index (χ2n) is 7.18. The summed E-state index contributed by atoms with van der Waals surface area (Å²) >= 11 is 0. The maximum atomic E-state index is 5.36. The number of hydrogen-bond donors (Lipinski definition) is 0. The largest absolute Gasteiger partial charge is 0.497 e. The Balaban J connectivity index is 1.56. The van der Waals surface area contributed by atoms with Gasteiger partial charge in [0.2, 0.25) is 0 Å². The van der Waals surface area contributed by atoms with Crippen LogP contribution >= 0.6 is 0 Å². The zero-order valence-electron chi connectivity index (χ0n) is 16.3. The fourth-order valence-electron chi connectivity index (χ4n) is 3.69. The zero-order chi connectivity index (χ0) is 18.2. The summed E-state index contributed by atoms with van der Waals surface area (Å²) in [6.45, 7) is 7.87. The SMILES string of the molecule is CCN(Cc1ccc(CCN2CCCCC2)cc1)c1cccc(OC)c1. The van der Waals surface area contributed by atoms with E-state index >= 15 is 0 Å². The summed E-state index contributed by atoms with van der Waals surface area (Å²) in [5.74, 6) is 0.911. The van der Waals surface area contributed by atoms with Gasteiger partial charge in [0, 0.05) is 31.4 Å². The summed E-state index contributed by atoms with van der Waals surface area (Å²) in [5.41, 5.74) is 4.01. The van der Waals surface area contributed by atoms with E-state index in [1.54, 1.807) is 7.11 Å². The Morgan fingerprint density at radius 3 is 2.38 bits per heavy atom.